The molecular formula is C31H42N6O7. The van der Waals surface area contributed by atoms with Gasteiger partial charge in [-0.05, 0) is 55.2 Å². The quantitative estimate of drug-likeness (QED) is 0.269. The molecule has 0 unspecified atom stereocenters. The molecule has 2 aromatic rings. The molecule has 0 saturated carbocycles. The molecule has 13 heteroatoms. The third kappa shape index (κ3) is 11.2. The van der Waals surface area contributed by atoms with Crippen LogP contribution in [0.25, 0.3) is 0 Å². The first-order valence-corrected chi connectivity index (χ1v) is 14.7. The van der Waals surface area contributed by atoms with Crippen molar-refractivity contribution in [2.45, 2.75) is 33.6 Å². The smallest absolute Gasteiger partial charge is 0.323 e. The number of carbonyl (C=O) groups is 5. The Bertz CT molecular complexity index is 1290. The van der Waals surface area contributed by atoms with Crippen LogP contribution in [0.4, 0.5) is 26.7 Å². The number of hydrogen-bond donors (Lipinski definition) is 4. The fourth-order valence-electron chi connectivity index (χ4n) is 4.41. The summed E-state index contributed by atoms with van der Waals surface area (Å²) >= 11 is 0. The molecule has 0 atom stereocenters. The van der Waals surface area contributed by atoms with Gasteiger partial charge in [-0.1, -0.05) is 32.0 Å². The highest BCUT2D eigenvalue weighted by molar-refractivity contribution is 6.00. The Morgan fingerprint density at radius 3 is 2.11 bits per heavy atom. The summed E-state index contributed by atoms with van der Waals surface area (Å²) in [5, 5.41) is 17.5. The molecule has 4 N–H and O–H groups in total. The highest BCUT2D eigenvalue weighted by Gasteiger charge is 2.27. The third-order valence-electron chi connectivity index (χ3n) is 6.96. The third-order valence-corrected chi connectivity index (χ3v) is 6.96. The fourth-order valence-corrected chi connectivity index (χ4v) is 4.41. The number of carboxylic acids is 1. The van der Waals surface area contributed by atoms with Gasteiger partial charge in [-0.25, -0.2) is 9.59 Å². The number of nitrogens with one attached hydrogen (secondary N) is 3. The number of carboxylic acid groups (broad SMARTS) is 1. The molecule has 0 aromatic heterocycles. The minimum absolute atomic E-state index is 0.134. The second-order valence-corrected chi connectivity index (χ2v) is 11.0. The second-order valence-electron chi connectivity index (χ2n) is 11.0. The maximum Gasteiger partial charge on any atom is 0.323 e. The first-order chi connectivity index (χ1) is 21.0. The van der Waals surface area contributed by atoms with Crippen molar-refractivity contribution < 1.29 is 33.8 Å². The lowest BCUT2D eigenvalue weighted by Gasteiger charge is -2.33. The average Bonchev–Trinajstić information content (AvgIpc) is 2.99. The fraction of sp³-hybridized carbons (Fsp3) is 0.452. The standard InChI is InChI=1S/C31H42N6O7/c1-22(2)12-14-36(28(39)21-37(15-13-29(40)41)31(43)35-16-18-44-19-17-35)20-27(38)32-24-8-10-25(11-9-24)33-30(42)34-26-7-5-4-6-23(26)3/h4-11,22H,12-21H2,1-3H3,(H,32,38)(H,40,41)(H2,33,34,42). The van der Waals surface area contributed by atoms with Gasteiger partial charge in [0, 0.05) is 43.2 Å². The molecule has 13 nitrogen and oxygen atoms in total. The SMILES string of the molecule is Cc1ccccc1NC(=O)Nc1ccc(NC(=O)CN(CCC(C)C)C(=O)CN(CCC(=O)O)C(=O)N2CCOCC2)cc1. The van der Waals surface area contributed by atoms with E-state index < -0.39 is 29.8 Å². The van der Waals surface area contributed by atoms with Crippen molar-refractivity contribution in [3.63, 3.8) is 0 Å². The van der Waals surface area contributed by atoms with E-state index >= 15 is 0 Å². The number of hydrogen-bond acceptors (Lipinski definition) is 6. The number of ether oxygens (including phenoxy) is 1. The highest BCUT2D eigenvalue weighted by atomic mass is 16.5. The zero-order valence-corrected chi connectivity index (χ0v) is 25.5. The van der Waals surface area contributed by atoms with Gasteiger partial charge in [0.1, 0.15) is 6.54 Å². The predicted molar refractivity (Wildman–Crippen MR) is 167 cm³/mol. The van der Waals surface area contributed by atoms with Crippen LogP contribution in [-0.4, -0.2) is 102 Å². The van der Waals surface area contributed by atoms with Crippen LogP contribution in [-0.2, 0) is 19.1 Å². The molecule has 3 rings (SSSR count). The van der Waals surface area contributed by atoms with Crippen molar-refractivity contribution in [2.24, 2.45) is 5.92 Å². The topological polar surface area (TPSA) is 161 Å². The largest absolute Gasteiger partial charge is 0.481 e. The highest BCUT2D eigenvalue weighted by Crippen LogP contribution is 2.17. The second kappa shape index (κ2) is 16.8. The van der Waals surface area contributed by atoms with Crippen molar-refractivity contribution in [3.8, 4) is 0 Å². The van der Waals surface area contributed by atoms with E-state index in [4.69, 9.17) is 4.74 Å². The summed E-state index contributed by atoms with van der Waals surface area (Å²) in [5.41, 5.74) is 2.62. The number of benzene rings is 2. The van der Waals surface area contributed by atoms with Gasteiger partial charge in [-0.15, -0.1) is 0 Å². The van der Waals surface area contributed by atoms with Crippen LogP contribution in [0.15, 0.2) is 48.5 Å². The molecular weight excluding hydrogens is 568 g/mol. The van der Waals surface area contributed by atoms with Gasteiger partial charge in [-0.3, -0.25) is 14.4 Å². The van der Waals surface area contributed by atoms with E-state index in [0.717, 1.165) is 5.56 Å². The number of morpholine rings is 1. The van der Waals surface area contributed by atoms with E-state index in [-0.39, 0.29) is 32.0 Å². The Morgan fingerprint density at radius 2 is 1.50 bits per heavy atom. The molecule has 44 heavy (non-hydrogen) atoms. The van der Waals surface area contributed by atoms with Gasteiger partial charge in [0.25, 0.3) is 0 Å². The van der Waals surface area contributed by atoms with E-state index in [1.54, 1.807) is 30.3 Å². The van der Waals surface area contributed by atoms with E-state index in [1.807, 2.05) is 39.0 Å². The number of urea groups is 2. The number of carbonyl (C=O) groups excluding carboxylic acids is 4. The first-order valence-electron chi connectivity index (χ1n) is 14.7. The molecule has 1 heterocycles. The van der Waals surface area contributed by atoms with E-state index in [0.29, 0.717) is 56.3 Å². The van der Waals surface area contributed by atoms with E-state index in [9.17, 15) is 29.1 Å². The molecule has 1 fully saturated rings. The Labute approximate surface area is 257 Å². The number of amides is 6. The Kier molecular flexibility index (Phi) is 13.0. The molecule has 0 aliphatic carbocycles. The summed E-state index contributed by atoms with van der Waals surface area (Å²) in [7, 11) is 0. The van der Waals surface area contributed by atoms with Crippen molar-refractivity contribution in [2.75, 3.05) is 68.4 Å². The zero-order valence-electron chi connectivity index (χ0n) is 25.5. The molecule has 0 bridgehead atoms. The molecule has 6 amide bonds. The predicted octanol–water partition coefficient (Wildman–Crippen LogP) is 3.68. The zero-order chi connectivity index (χ0) is 32.1. The number of para-hydroxylation sites is 1. The first kappa shape index (κ1) is 33.8. The number of anilines is 3. The monoisotopic (exact) mass is 610 g/mol. The minimum atomic E-state index is -1.08. The number of aliphatic carboxylic acids is 1. The van der Waals surface area contributed by atoms with E-state index in [2.05, 4.69) is 16.0 Å². The van der Waals surface area contributed by atoms with E-state index in [1.165, 1.54) is 14.7 Å². The van der Waals surface area contributed by atoms with Crippen molar-refractivity contribution in [1.82, 2.24) is 14.7 Å². The Balaban J connectivity index is 1.60. The van der Waals surface area contributed by atoms with Crippen LogP contribution in [0, 0.1) is 12.8 Å². The average molecular weight is 611 g/mol. The molecule has 2 aromatic carbocycles. The van der Waals surface area contributed by atoms with Gasteiger partial charge in [-0.2, -0.15) is 0 Å². The summed E-state index contributed by atoms with van der Waals surface area (Å²) in [6, 6.07) is 13.1. The minimum Gasteiger partial charge on any atom is -0.481 e. The van der Waals surface area contributed by atoms with Gasteiger partial charge in [0.2, 0.25) is 11.8 Å². The summed E-state index contributed by atoms with van der Waals surface area (Å²) in [4.78, 5) is 67.3. The maximum atomic E-state index is 13.4. The van der Waals surface area contributed by atoms with Gasteiger partial charge in [0.05, 0.1) is 26.2 Å². The summed E-state index contributed by atoms with van der Waals surface area (Å²) in [6.45, 7) is 6.89. The maximum absolute atomic E-state index is 13.4. The van der Waals surface area contributed by atoms with Crippen LogP contribution in [0.1, 0.15) is 32.3 Å². The lowest BCUT2D eigenvalue weighted by atomic mass is 10.1. The van der Waals surface area contributed by atoms with Crippen LogP contribution >= 0.6 is 0 Å². The van der Waals surface area contributed by atoms with Gasteiger partial charge in [0.15, 0.2) is 0 Å². The van der Waals surface area contributed by atoms with Crippen LogP contribution in [0.2, 0.25) is 0 Å². The van der Waals surface area contributed by atoms with Gasteiger partial charge >= 0.3 is 18.0 Å². The lowest BCUT2D eigenvalue weighted by molar-refractivity contribution is -0.138. The normalized spacial score (nSPS) is 12.8. The van der Waals surface area contributed by atoms with Crippen molar-refractivity contribution in [1.29, 1.82) is 0 Å². The molecule has 1 aliphatic heterocycles. The molecule has 1 saturated heterocycles. The summed E-state index contributed by atoms with van der Waals surface area (Å²) in [6.07, 6.45) is 0.324. The van der Waals surface area contributed by atoms with Crippen molar-refractivity contribution >= 4 is 46.9 Å². The molecule has 0 radical (unpaired) electrons. The molecule has 1 aliphatic rings. The van der Waals surface area contributed by atoms with Crippen LogP contribution in [0.3, 0.4) is 0 Å². The summed E-state index contributed by atoms with van der Waals surface area (Å²) in [5.74, 6) is -1.71. The number of rotatable bonds is 13. The molecule has 0 spiro atoms. The Morgan fingerprint density at radius 1 is 0.864 bits per heavy atom. The Hall–Kier alpha value is -4.65. The van der Waals surface area contributed by atoms with Crippen LogP contribution in [0.5, 0.6) is 0 Å². The number of nitrogens with zero attached hydrogens (tertiary/aromatic N) is 3. The van der Waals surface area contributed by atoms with Crippen molar-refractivity contribution in [3.05, 3.63) is 54.1 Å². The summed E-state index contributed by atoms with van der Waals surface area (Å²) < 4.78 is 5.30. The van der Waals surface area contributed by atoms with Gasteiger partial charge < -0.3 is 40.5 Å². The molecule has 238 valence electrons. The lowest BCUT2D eigenvalue weighted by Crippen LogP contribution is -2.52. The number of aryl methyl sites for hydroxylation is 1. The van der Waals surface area contributed by atoms with Crippen LogP contribution < -0.4 is 16.0 Å².